The van der Waals surface area contributed by atoms with E-state index < -0.39 is 23.7 Å². The number of aliphatic hydroxyl groups excluding tert-OH is 1. The van der Waals surface area contributed by atoms with Crippen LogP contribution in [0.1, 0.15) is 58.3 Å². The van der Waals surface area contributed by atoms with Gasteiger partial charge in [-0.05, 0) is 62.2 Å². The lowest BCUT2D eigenvalue weighted by Crippen LogP contribution is -2.58. The normalized spacial score (nSPS) is 53.3. The van der Waals surface area contributed by atoms with E-state index in [4.69, 9.17) is 9.47 Å². The van der Waals surface area contributed by atoms with E-state index in [9.17, 15) is 5.11 Å². The molecule has 1 N–H and O–H groups in total. The van der Waals surface area contributed by atoms with Gasteiger partial charge >= 0.3 is 0 Å². The summed E-state index contributed by atoms with van der Waals surface area (Å²) in [5, 5.41) is 9.94. The number of halogens is 2. The highest BCUT2D eigenvalue weighted by Gasteiger charge is 2.68. The van der Waals surface area contributed by atoms with Gasteiger partial charge in [0.25, 0.3) is 5.92 Å². The number of ether oxygens (including phenoxy) is 2. The van der Waals surface area contributed by atoms with Gasteiger partial charge in [-0.1, -0.05) is 6.92 Å². The maximum atomic E-state index is 15.1. The van der Waals surface area contributed by atoms with Gasteiger partial charge in [-0.3, -0.25) is 0 Å². The highest BCUT2D eigenvalue weighted by molar-refractivity contribution is 5.12. The Hall–Kier alpha value is -0.260. The van der Waals surface area contributed by atoms with Crippen LogP contribution in [0.25, 0.3) is 0 Å². The zero-order valence-electron chi connectivity index (χ0n) is 15.1. The third-order valence-corrected chi connectivity index (χ3v) is 8.77. The van der Waals surface area contributed by atoms with Gasteiger partial charge in [-0.15, -0.1) is 0 Å². The molecule has 5 fully saturated rings. The molecule has 0 aromatic heterocycles. The van der Waals surface area contributed by atoms with E-state index in [-0.39, 0.29) is 29.6 Å². The fourth-order valence-electron chi connectivity index (χ4n) is 7.66. The molecule has 0 bridgehead atoms. The molecule has 5 rings (SSSR count). The third-order valence-electron chi connectivity index (χ3n) is 8.77. The fourth-order valence-corrected chi connectivity index (χ4v) is 7.66. The molecule has 1 saturated heterocycles. The van der Waals surface area contributed by atoms with Crippen molar-refractivity contribution in [2.75, 3.05) is 13.2 Å². The minimum atomic E-state index is -2.64. The smallest absolute Gasteiger partial charge is 0.251 e. The van der Waals surface area contributed by atoms with Crippen LogP contribution in [0.2, 0.25) is 0 Å². The number of fused-ring (bicyclic) bond motifs is 6. The van der Waals surface area contributed by atoms with Gasteiger partial charge in [0.2, 0.25) is 0 Å². The summed E-state index contributed by atoms with van der Waals surface area (Å²) in [6.45, 7) is 3.51. The first kappa shape index (κ1) is 16.9. The van der Waals surface area contributed by atoms with Gasteiger partial charge in [-0.2, -0.15) is 0 Å². The van der Waals surface area contributed by atoms with E-state index in [1.54, 1.807) is 0 Å². The molecule has 1 spiro atoms. The van der Waals surface area contributed by atoms with Crippen LogP contribution in [0.4, 0.5) is 8.78 Å². The highest BCUT2D eigenvalue weighted by atomic mass is 19.3. The maximum Gasteiger partial charge on any atom is 0.251 e. The Morgan fingerprint density at radius 1 is 0.880 bits per heavy atom. The number of aliphatic hydroxyl groups is 1. The van der Waals surface area contributed by atoms with E-state index in [1.165, 1.54) is 0 Å². The molecule has 0 amide bonds. The van der Waals surface area contributed by atoms with Crippen LogP contribution in [0.5, 0.6) is 0 Å². The monoisotopic (exact) mass is 356 g/mol. The molecular weight excluding hydrogens is 326 g/mol. The Bertz CT molecular complexity index is 547. The standard InChI is InChI=1S/C20H30F2O3/c1-18-6-4-13-14-3-2-12(23)10-17(14)19(21,22)11-15(13)16(18)5-7-20(18)24-8-9-25-20/h12-17,23H,2-11H2,1H3/t12-,13+,14+,15+,16-,17?,18-/m0/s1. The molecule has 7 atom stereocenters. The summed E-state index contributed by atoms with van der Waals surface area (Å²) in [6.07, 6.45) is 5.07. The van der Waals surface area contributed by atoms with Crippen LogP contribution >= 0.6 is 0 Å². The summed E-state index contributed by atoms with van der Waals surface area (Å²) in [7, 11) is 0. The summed E-state index contributed by atoms with van der Waals surface area (Å²) < 4.78 is 42.3. The average molecular weight is 356 g/mol. The molecular formula is C20H30F2O3. The molecule has 5 aliphatic rings. The zero-order valence-corrected chi connectivity index (χ0v) is 15.1. The van der Waals surface area contributed by atoms with Crippen LogP contribution in [0.3, 0.4) is 0 Å². The van der Waals surface area contributed by atoms with Gasteiger partial charge < -0.3 is 14.6 Å². The van der Waals surface area contributed by atoms with Crippen molar-refractivity contribution >= 4 is 0 Å². The fraction of sp³-hybridized carbons (Fsp3) is 1.00. The lowest BCUT2D eigenvalue weighted by atomic mass is 9.49. The number of rotatable bonds is 0. The molecule has 1 aliphatic heterocycles. The lowest BCUT2D eigenvalue weighted by molar-refractivity contribution is -0.256. The van der Waals surface area contributed by atoms with E-state index in [0.717, 1.165) is 32.1 Å². The number of alkyl halides is 2. The first-order valence-electron chi connectivity index (χ1n) is 10.2. The molecule has 0 aromatic rings. The number of hydrogen-bond donors (Lipinski definition) is 1. The van der Waals surface area contributed by atoms with Crippen molar-refractivity contribution in [1.29, 1.82) is 0 Å². The second kappa shape index (κ2) is 5.39. The van der Waals surface area contributed by atoms with Crippen molar-refractivity contribution in [2.24, 2.45) is 35.0 Å². The maximum absolute atomic E-state index is 15.1. The highest BCUT2D eigenvalue weighted by Crippen LogP contribution is 2.68. The van der Waals surface area contributed by atoms with E-state index in [1.807, 2.05) is 0 Å². The first-order chi connectivity index (χ1) is 11.9. The molecule has 4 aliphatic carbocycles. The molecule has 5 heteroatoms. The molecule has 4 saturated carbocycles. The van der Waals surface area contributed by atoms with Crippen LogP contribution in [-0.2, 0) is 9.47 Å². The topological polar surface area (TPSA) is 38.7 Å². The second-order valence-corrected chi connectivity index (χ2v) is 9.58. The van der Waals surface area contributed by atoms with Crippen molar-refractivity contribution in [3.05, 3.63) is 0 Å². The van der Waals surface area contributed by atoms with Gasteiger partial charge in [0.1, 0.15) is 0 Å². The Kier molecular flexibility index (Phi) is 3.64. The minimum Gasteiger partial charge on any atom is -0.393 e. The van der Waals surface area contributed by atoms with E-state index in [0.29, 0.717) is 32.0 Å². The van der Waals surface area contributed by atoms with Crippen LogP contribution in [0, 0.1) is 35.0 Å². The second-order valence-electron chi connectivity index (χ2n) is 9.58. The van der Waals surface area contributed by atoms with Crippen LogP contribution in [0.15, 0.2) is 0 Å². The van der Waals surface area contributed by atoms with Crippen molar-refractivity contribution in [3.63, 3.8) is 0 Å². The first-order valence-corrected chi connectivity index (χ1v) is 10.2. The van der Waals surface area contributed by atoms with E-state index >= 15 is 8.78 Å². The largest absolute Gasteiger partial charge is 0.393 e. The summed E-state index contributed by atoms with van der Waals surface area (Å²) in [5.41, 5.74) is -0.123. The molecule has 142 valence electrons. The van der Waals surface area contributed by atoms with Gasteiger partial charge in [0.15, 0.2) is 5.79 Å². The van der Waals surface area contributed by atoms with Gasteiger partial charge in [0.05, 0.1) is 19.3 Å². The quantitative estimate of drug-likeness (QED) is 0.713. The van der Waals surface area contributed by atoms with Crippen molar-refractivity contribution in [3.8, 4) is 0 Å². The summed E-state index contributed by atoms with van der Waals surface area (Å²) >= 11 is 0. The summed E-state index contributed by atoms with van der Waals surface area (Å²) in [6, 6.07) is 0. The van der Waals surface area contributed by atoms with Gasteiger partial charge in [-0.25, -0.2) is 8.78 Å². The zero-order chi connectivity index (χ0) is 17.4. The Labute approximate surface area is 148 Å². The van der Waals surface area contributed by atoms with Gasteiger partial charge in [0, 0.05) is 24.2 Å². The minimum absolute atomic E-state index is 0.00188. The molecule has 3 nitrogen and oxygen atoms in total. The summed E-state index contributed by atoms with van der Waals surface area (Å²) in [4.78, 5) is 0. The molecule has 1 heterocycles. The van der Waals surface area contributed by atoms with Crippen molar-refractivity contribution in [1.82, 2.24) is 0 Å². The lowest BCUT2D eigenvalue weighted by Gasteiger charge is -2.58. The molecule has 0 aromatic carbocycles. The average Bonchev–Trinajstić information content (AvgIpc) is 3.15. The van der Waals surface area contributed by atoms with Crippen LogP contribution < -0.4 is 0 Å². The van der Waals surface area contributed by atoms with Crippen molar-refractivity contribution < 1.29 is 23.4 Å². The predicted molar refractivity (Wildman–Crippen MR) is 88.1 cm³/mol. The Morgan fingerprint density at radius 3 is 2.40 bits per heavy atom. The Balaban J connectivity index is 1.47. The van der Waals surface area contributed by atoms with Crippen molar-refractivity contribution in [2.45, 2.75) is 76.1 Å². The predicted octanol–water partition coefficient (Wildman–Crippen LogP) is 3.99. The van der Waals surface area contributed by atoms with Crippen LogP contribution in [-0.4, -0.2) is 36.1 Å². The molecule has 25 heavy (non-hydrogen) atoms. The number of hydrogen-bond acceptors (Lipinski definition) is 3. The van der Waals surface area contributed by atoms with E-state index in [2.05, 4.69) is 6.92 Å². The molecule has 1 unspecified atom stereocenters. The molecule has 0 radical (unpaired) electrons. The Morgan fingerprint density at radius 2 is 1.64 bits per heavy atom. The SMILES string of the molecule is C[C@]12CC[C@H]3[C@@H](CC(F)(F)C4C[C@@H](O)CC[C@@H]43)[C@@H]1CCC21OCCO1. The third kappa shape index (κ3) is 2.18. The summed E-state index contributed by atoms with van der Waals surface area (Å²) in [5.74, 6) is -2.93.